The second-order valence-corrected chi connectivity index (χ2v) is 21.4. The van der Waals surface area contributed by atoms with Crippen molar-refractivity contribution in [3.63, 3.8) is 0 Å². The van der Waals surface area contributed by atoms with Gasteiger partial charge in [-0.15, -0.1) is 0 Å². The van der Waals surface area contributed by atoms with Crippen molar-refractivity contribution >= 4 is 53.2 Å². The zero-order valence-electron chi connectivity index (χ0n) is 48.8. The number of phenols is 1. The van der Waals surface area contributed by atoms with Gasteiger partial charge in [-0.1, -0.05) is 66.7 Å². The lowest BCUT2D eigenvalue weighted by Crippen LogP contribution is -2.60. The Kier molecular flexibility index (Phi) is 23.8. The fraction of sp³-hybridized carbons (Fsp3) is 0.435. The molecule has 4 aromatic carbocycles. The van der Waals surface area contributed by atoms with Crippen LogP contribution in [0.15, 0.2) is 109 Å². The number of fused-ring (bicyclic) bond motifs is 3. The van der Waals surface area contributed by atoms with E-state index >= 15 is 0 Å². The number of phenolic OH excluding ortho intramolecular Hbond substituents is 1. The van der Waals surface area contributed by atoms with Gasteiger partial charge in [0.05, 0.1) is 32.7 Å². The SMILES string of the molecule is COc1ccc(CC[C@H]2OC(=O)[C@@H]3CNCCN3C(=O)C(=O)C(C)(C)COC(=O)/C=C/CCCCN(C)C(=O)CNC(=O)CN(C)C(=O)[C@@H](Cc3ccccc3)NC(=O)[C@H](Cc3ccc(O)cc3)N(C)C(=O)COc3cccc2c3)cc1OC. The molecule has 4 aromatic rings. The molecule has 450 valence electrons. The monoisotopic (exact) mass is 1160 g/mol. The number of ether oxygens (including phenoxy) is 5. The summed E-state index contributed by atoms with van der Waals surface area (Å²) in [5.74, 6) is -5.17. The van der Waals surface area contributed by atoms with E-state index in [0.29, 0.717) is 60.4 Å². The molecule has 2 aliphatic rings. The first-order valence-corrected chi connectivity index (χ1v) is 27.8. The van der Waals surface area contributed by atoms with Gasteiger partial charge in [0, 0.05) is 66.2 Å². The summed E-state index contributed by atoms with van der Waals surface area (Å²) >= 11 is 0. The third-order valence-corrected chi connectivity index (χ3v) is 14.6. The number of aryl methyl sites for hydroxylation is 1. The van der Waals surface area contributed by atoms with Crippen molar-refractivity contribution in [3.05, 3.63) is 131 Å². The number of hydrogen-bond acceptors (Lipinski definition) is 16. The average molecular weight is 1160 g/mol. The summed E-state index contributed by atoms with van der Waals surface area (Å²) in [7, 11) is 7.44. The van der Waals surface area contributed by atoms with Gasteiger partial charge < -0.3 is 64.3 Å². The van der Waals surface area contributed by atoms with Crippen LogP contribution in [0.5, 0.6) is 23.0 Å². The van der Waals surface area contributed by atoms with Gasteiger partial charge in [-0.3, -0.25) is 33.6 Å². The molecule has 4 atom stereocenters. The Morgan fingerprint density at radius 1 is 0.738 bits per heavy atom. The molecule has 2 aliphatic heterocycles. The Morgan fingerprint density at radius 3 is 2.18 bits per heavy atom. The number of cyclic esters (lactones) is 2. The highest BCUT2D eigenvalue weighted by atomic mass is 16.5. The Hall–Kier alpha value is -8.79. The Balaban J connectivity index is 1.31. The number of nitrogens with one attached hydrogen (secondary N) is 3. The molecule has 6 rings (SSSR count). The number of ketones is 1. The van der Waals surface area contributed by atoms with Gasteiger partial charge in [0.15, 0.2) is 18.1 Å². The summed E-state index contributed by atoms with van der Waals surface area (Å²) < 4.78 is 28.8. The predicted octanol–water partition coefficient (Wildman–Crippen LogP) is 3.51. The molecule has 0 radical (unpaired) electrons. The van der Waals surface area contributed by atoms with Crippen molar-refractivity contribution in [3.8, 4) is 23.0 Å². The number of nitrogens with zero attached hydrogens (tertiary/aromatic N) is 4. The van der Waals surface area contributed by atoms with E-state index in [4.69, 9.17) is 23.7 Å². The Morgan fingerprint density at radius 2 is 1.45 bits per heavy atom. The number of likely N-dealkylation sites (N-methyl/N-ethyl adjacent to an activating group) is 3. The second kappa shape index (κ2) is 31.0. The van der Waals surface area contributed by atoms with Gasteiger partial charge >= 0.3 is 11.9 Å². The maximum Gasteiger partial charge on any atom is 0.330 e. The number of hydrogen-bond donors (Lipinski definition) is 4. The topological polar surface area (TPSA) is 269 Å². The third kappa shape index (κ3) is 18.6. The molecule has 0 spiro atoms. The lowest BCUT2D eigenvalue weighted by Gasteiger charge is -2.36. The summed E-state index contributed by atoms with van der Waals surface area (Å²) in [6.07, 6.45) is 3.94. The first kappa shape index (κ1) is 64.4. The molecule has 22 heteroatoms. The molecule has 4 N–H and O–H groups in total. The summed E-state index contributed by atoms with van der Waals surface area (Å²) in [5.41, 5.74) is 1.06. The van der Waals surface area contributed by atoms with E-state index in [2.05, 4.69) is 16.0 Å². The quantitative estimate of drug-likeness (QED) is 0.138. The summed E-state index contributed by atoms with van der Waals surface area (Å²) in [6.45, 7) is 1.70. The van der Waals surface area contributed by atoms with Crippen molar-refractivity contribution in [2.24, 2.45) is 5.41 Å². The largest absolute Gasteiger partial charge is 0.508 e. The van der Waals surface area contributed by atoms with Crippen LogP contribution in [-0.2, 0) is 71.9 Å². The van der Waals surface area contributed by atoms with Crippen molar-refractivity contribution < 1.29 is 71.9 Å². The number of allylic oxidation sites excluding steroid dienone is 1. The minimum atomic E-state index is -1.48. The summed E-state index contributed by atoms with van der Waals surface area (Å²) in [6, 6.07) is 23.3. The highest BCUT2D eigenvalue weighted by Gasteiger charge is 2.43. The highest BCUT2D eigenvalue weighted by Crippen LogP contribution is 2.32. The van der Waals surface area contributed by atoms with E-state index in [1.165, 1.54) is 75.1 Å². The molecule has 1 fully saturated rings. The van der Waals surface area contributed by atoms with Gasteiger partial charge in [0.1, 0.15) is 42.3 Å². The average Bonchev–Trinajstić information content (AvgIpc) is 3.46. The lowest BCUT2D eigenvalue weighted by atomic mass is 9.88. The van der Waals surface area contributed by atoms with Gasteiger partial charge in [-0.2, -0.15) is 0 Å². The van der Waals surface area contributed by atoms with Crippen LogP contribution in [0.4, 0.5) is 0 Å². The number of carbonyl (C=O) groups excluding carboxylic acids is 9. The Labute approximate surface area is 489 Å². The maximum atomic E-state index is 14.7. The van der Waals surface area contributed by atoms with Crippen LogP contribution in [0, 0.1) is 5.41 Å². The molecule has 0 aliphatic carbocycles. The van der Waals surface area contributed by atoms with E-state index in [9.17, 15) is 48.3 Å². The summed E-state index contributed by atoms with van der Waals surface area (Å²) in [5, 5.41) is 18.6. The molecule has 2 heterocycles. The number of esters is 2. The van der Waals surface area contributed by atoms with Crippen molar-refractivity contribution in [1.29, 1.82) is 0 Å². The molecule has 1 saturated heterocycles. The molecule has 6 amide bonds. The van der Waals surface area contributed by atoms with Crippen LogP contribution in [0.25, 0.3) is 0 Å². The van der Waals surface area contributed by atoms with Crippen LogP contribution in [0.3, 0.4) is 0 Å². The molecule has 0 saturated carbocycles. The summed E-state index contributed by atoms with van der Waals surface area (Å²) in [4.78, 5) is 130. The number of aromatic hydroxyl groups is 1. The van der Waals surface area contributed by atoms with Gasteiger partial charge in [-0.25, -0.2) is 9.59 Å². The number of carbonyl (C=O) groups is 9. The molecular formula is C62H77N7O15. The molecule has 22 nitrogen and oxygen atoms in total. The number of piperazine rings is 1. The minimum Gasteiger partial charge on any atom is -0.508 e. The van der Waals surface area contributed by atoms with Crippen molar-refractivity contribution in [2.75, 3.05) is 87.8 Å². The van der Waals surface area contributed by atoms with E-state index in [-0.39, 0.29) is 62.8 Å². The van der Waals surface area contributed by atoms with E-state index in [1.54, 1.807) is 92.0 Å². The normalized spacial score (nSPS) is 21.5. The fourth-order valence-electron chi connectivity index (χ4n) is 9.43. The fourth-order valence-corrected chi connectivity index (χ4v) is 9.43. The van der Waals surface area contributed by atoms with E-state index in [1.807, 2.05) is 6.07 Å². The van der Waals surface area contributed by atoms with Crippen molar-refractivity contribution in [2.45, 2.75) is 83.0 Å². The molecule has 0 aromatic heterocycles. The van der Waals surface area contributed by atoms with Crippen LogP contribution in [-0.4, -0.2) is 184 Å². The van der Waals surface area contributed by atoms with E-state index < -0.39 is 96.7 Å². The molecular weight excluding hydrogens is 1080 g/mol. The number of Topliss-reactive ketones (excluding diaryl/α,β-unsaturated/α-hetero) is 1. The van der Waals surface area contributed by atoms with Gasteiger partial charge in [-0.05, 0) is 105 Å². The smallest absolute Gasteiger partial charge is 0.330 e. The highest BCUT2D eigenvalue weighted by molar-refractivity contribution is 6.38. The van der Waals surface area contributed by atoms with Crippen LogP contribution in [0.2, 0.25) is 0 Å². The van der Waals surface area contributed by atoms with Crippen LogP contribution in [0.1, 0.15) is 67.9 Å². The van der Waals surface area contributed by atoms with E-state index in [0.717, 1.165) is 10.5 Å². The Bertz CT molecular complexity index is 2990. The number of benzene rings is 4. The zero-order chi connectivity index (χ0) is 60.9. The van der Waals surface area contributed by atoms with Crippen molar-refractivity contribution in [1.82, 2.24) is 35.6 Å². The zero-order valence-corrected chi connectivity index (χ0v) is 48.8. The minimum absolute atomic E-state index is 0.00718. The molecule has 0 unspecified atom stereocenters. The number of amides is 6. The van der Waals surface area contributed by atoms with Crippen LogP contribution < -0.4 is 30.2 Å². The predicted molar refractivity (Wildman–Crippen MR) is 308 cm³/mol. The maximum absolute atomic E-state index is 14.7. The van der Waals surface area contributed by atoms with Crippen LogP contribution >= 0.6 is 0 Å². The first-order chi connectivity index (χ1) is 40.2. The number of methoxy groups -OCH3 is 2. The van der Waals surface area contributed by atoms with Gasteiger partial charge in [0.2, 0.25) is 29.4 Å². The van der Waals surface area contributed by atoms with Gasteiger partial charge in [0.25, 0.3) is 11.8 Å². The first-order valence-electron chi connectivity index (χ1n) is 27.8. The molecule has 2 bridgehead atoms. The standard InChI is InChI=1S/C62H77N7O15/c1-62(2)40-83-56(74)20-13-8-9-14-30-66(3)54(72)37-64-53(71)38-67(4)59(77)47(32-41-16-11-10-12-17-41)65-58(76)48(33-42-21-25-45(70)26-22-42)68(5)55(73)39-82-46-19-15-18-44(35-46)50(27-23-43-24-28-51(80-6)52(34-43)81-7)84-61(79)49-36-63-29-31-69(49)60(78)57(62)75/h10-13,15-22,24-26,28,34-35,47-50,63,70H,8-9,14,23,27,29-33,36-40H2,1-7H3,(H,64,71)(H,65,76)/b20-13+/t47-,48+,49+,50-/m1/s1. The third-order valence-electron chi connectivity index (χ3n) is 14.6. The lowest BCUT2D eigenvalue weighted by molar-refractivity contribution is -0.164. The molecule has 84 heavy (non-hydrogen) atoms. The second-order valence-electron chi connectivity index (χ2n) is 21.4. The number of rotatable bonds is 9.